The van der Waals surface area contributed by atoms with Crippen molar-refractivity contribution in [3.05, 3.63) is 17.6 Å². The molecule has 1 heterocycles. The van der Waals surface area contributed by atoms with Gasteiger partial charge in [0.1, 0.15) is 5.82 Å². The molecule has 0 fully saturated rings. The molecule has 1 N–H and O–H groups in total. The number of hydrogen-bond acceptors (Lipinski definition) is 4. The van der Waals surface area contributed by atoms with Crippen LogP contribution in [0, 0.1) is 0 Å². The van der Waals surface area contributed by atoms with E-state index in [1.54, 1.807) is 0 Å². The van der Waals surface area contributed by atoms with Gasteiger partial charge in [-0.2, -0.15) is 4.98 Å². The Labute approximate surface area is 91.1 Å². The fourth-order valence-corrected chi connectivity index (χ4v) is 1.26. The Morgan fingerprint density at radius 2 is 2.13 bits per heavy atom. The molecule has 0 spiro atoms. The lowest BCUT2D eigenvalue weighted by Crippen LogP contribution is -2.12. The lowest BCUT2D eigenvalue weighted by molar-refractivity contribution is 0.231. The maximum absolute atomic E-state index is 5.56. The Bertz CT molecular complexity index is 313. The van der Waals surface area contributed by atoms with Gasteiger partial charge in [-0.15, -0.1) is 0 Å². The highest BCUT2D eigenvalue weighted by atomic mass is 16.5. The van der Waals surface area contributed by atoms with Crippen molar-refractivity contribution in [1.29, 1.82) is 0 Å². The summed E-state index contributed by atoms with van der Waals surface area (Å²) in [5.74, 6) is 1.50. The van der Waals surface area contributed by atoms with E-state index in [1.165, 1.54) is 0 Å². The molecule has 0 atom stereocenters. The van der Waals surface area contributed by atoms with Gasteiger partial charge >= 0.3 is 0 Å². The molecule has 0 unspecified atom stereocenters. The number of aromatic nitrogens is 2. The summed E-state index contributed by atoms with van der Waals surface area (Å²) in [5.41, 5.74) is 0.972. The van der Waals surface area contributed by atoms with Crippen LogP contribution in [0.2, 0.25) is 0 Å². The smallest absolute Gasteiger partial charge is 0.217 e. The second-order valence-corrected chi connectivity index (χ2v) is 3.66. The quantitative estimate of drug-likeness (QED) is 0.799. The fourth-order valence-electron chi connectivity index (χ4n) is 1.26. The molecule has 0 amide bonds. The maximum Gasteiger partial charge on any atom is 0.217 e. The van der Waals surface area contributed by atoms with Crippen LogP contribution in [0.5, 0.6) is 5.88 Å². The molecule has 0 radical (unpaired) electrons. The molecule has 1 aromatic heterocycles. The summed E-state index contributed by atoms with van der Waals surface area (Å²) in [6.07, 6.45) is 0.971. The van der Waals surface area contributed by atoms with E-state index in [-0.39, 0.29) is 6.10 Å². The predicted molar refractivity (Wildman–Crippen MR) is 59.9 cm³/mol. The van der Waals surface area contributed by atoms with E-state index in [0.29, 0.717) is 5.88 Å². The van der Waals surface area contributed by atoms with Crippen LogP contribution in [0.15, 0.2) is 6.07 Å². The van der Waals surface area contributed by atoms with Crippen LogP contribution in [0.3, 0.4) is 0 Å². The van der Waals surface area contributed by atoms with E-state index >= 15 is 0 Å². The SMILES string of the molecule is CCc1nc(CNC)cc(OC(C)C)n1. The van der Waals surface area contributed by atoms with E-state index in [4.69, 9.17) is 4.74 Å². The lowest BCUT2D eigenvalue weighted by Gasteiger charge is -2.11. The number of nitrogens with one attached hydrogen (secondary N) is 1. The van der Waals surface area contributed by atoms with Gasteiger partial charge in [0.05, 0.1) is 11.8 Å². The summed E-state index contributed by atoms with van der Waals surface area (Å²) in [6.45, 7) is 6.76. The van der Waals surface area contributed by atoms with E-state index in [2.05, 4.69) is 15.3 Å². The zero-order valence-electron chi connectivity index (χ0n) is 9.87. The molecule has 0 aliphatic rings. The van der Waals surface area contributed by atoms with Gasteiger partial charge in [0.15, 0.2) is 0 Å². The van der Waals surface area contributed by atoms with Crippen LogP contribution in [0.1, 0.15) is 32.3 Å². The Balaban J connectivity index is 2.89. The molecule has 0 saturated heterocycles. The predicted octanol–water partition coefficient (Wildman–Crippen LogP) is 1.55. The highest BCUT2D eigenvalue weighted by molar-refractivity contribution is 5.16. The monoisotopic (exact) mass is 209 g/mol. The lowest BCUT2D eigenvalue weighted by atomic mass is 10.3. The highest BCUT2D eigenvalue weighted by Gasteiger charge is 2.05. The van der Waals surface area contributed by atoms with Crippen molar-refractivity contribution in [3.8, 4) is 5.88 Å². The minimum Gasteiger partial charge on any atom is -0.475 e. The van der Waals surface area contributed by atoms with Crippen LogP contribution in [-0.2, 0) is 13.0 Å². The first-order chi connectivity index (χ1) is 7.15. The second-order valence-electron chi connectivity index (χ2n) is 3.66. The van der Waals surface area contributed by atoms with Gasteiger partial charge in [-0.25, -0.2) is 4.98 Å². The van der Waals surface area contributed by atoms with Gasteiger partial charge in [0.2, 0.25) is 5.88 Å². The minimum absolute atomic E-state index is 0.145. The zero-order valence-corrected chi connectivity index (χ0v) is 9.87. The molecule has 0 aliphatic heterocycles. The summed E-state index contributed by atoms with van der Waals surface area (Å²) >= 11 is 0. The van der Waals surface area contributed by atoms with Crippen molar-refractivity contribution >= 4 is 0 Å². The third kappa shape index (κ3) is 3.83. The Kier molecular flexibility index (Phi) is 4.49. The third-order valence-corrected chi connectivity index (χ3v) is 1.83. The average molecular weight is 209 g/mol. The van der Waals surface area contributed by atoms with Gasteiger partial charge < -0.3 is 10.1 Å². The zero-order chi connectivity index (χ0) is 11.3. The van der Waals surface area contributed by atoms with Crippen LogP contribution < -0.4 is 10.1 Å². The van der Waals surface area contributed by atoms with Gasteiger partial charge in [-0.1, -0.05) is 6.92 Å². The summed E-state index contributed by atoms with van der Waals surface area (Å²) in [6, 6.07) is 1.88. The van der Waals surface area contributed by atoms with Crippen molar-refractivity contribution in [2.45, 2.75) is 39.8 Å². The number of nitrogens with zero attached hydrogens (tertiary/aromatic N) is 2. The topological polar surface area (TPSA) is 47.0 Å². The molecule has 1 aromatic rings. The number of hydrogen-bond donors (Lipinski definition) is 1. The average Bonchev–Trinajstić information content (AvgIpc) is 2.16. The largest absolute Gasteiger partial charge is 0.475 e. The molecule has 0 aliphatic carbocycles. The van der Waals surface area contributed by atoms with Crippen LogP contribution in [0.25, 0.3) is 0 Å². The maximum atomic E-state index is 5.56. The van der Waals surface area contributed by atoms with Gasteiger partial charge in [0, 0.05) is 19.0 Å². The van der Waals surface area contributed by atoms with Gasteiger partial charge in [0.25, 0.3) is 0 Å². The minimum atomic E-state index is 0.145. The van der Waals surface area contributed by atoms with Crippen LogP contribution in [0.4, 0.5) is 0 Å². The van der Waals surface area contributed by atoms with E-state index < -0.39 is 0 Å². The second kappa shape index (κ2) is 5.66. The summed E-state index contributed by atoms with van der Waals surface area (Å²) in [5, 5.41) is 3.07. The standard InChI is InChI=1S/C11H19N3O/c1-5-10-13-9(7-12-4)6-11(14-10)15-8(2)3/h6,8,12H,5,7H2,1-4H3. The van der Waals surface area contributed by atoms with Crippen LogP contribution >= 0.6 is 0 Å². The Morgan fingerprint density at radius 3 is 2.67 bits per heavy atom. The number of aryl methyl sites for hydroxylation is 1. The Morgan fingerprint density at radius 1 is 1.40 bits per heavy atom. The highest BCUT2D eigenvalue weighted by Crippen LogP contribution is 2.11. The molecular weight excluding hydrogens is 190 g/mol. The molecule has 84 valence electrons. The van der Waals surface area contributed by atoms with Crippen molar-refractivity contribution in [2.24, 2.45) is 0 Å². The first-order valence-electron chi connectivity index (χ1n) is 5.33. The molecule has 4 nitrogen and oxygen atoms in total. The Hall–Kier alpha value is -1.16. The summed E-state index contributed by atoms with van der Waals surface area (Å²) in [4.78, 5) is 8.71. The van der Waals surface area contributed by atoms with Crippen molar-refractivity contribution in [2.75, 3.05) is 7.05 Å². The molecular formula is C11H19N3O. The summed E-state index contributed by atoms with van der Waals surface area (Å²) < 4.78 is 5.56. The first kappa shape index (κ1) is 11.9. The first-order valence-corrected chi connectivity index (χ1v) is 5.33. The van der Waals surface area contributed by atoms with E-state index in [9.17, 15) is 0 Å². The van der Waals surface area contributed by atoms with Crippen molar-refractivity contribution in [3.63, 3.8) is 0 Å². The van der Waals surface area contributed by atoms with Crippen molar-refractivity contribution < 1.29 is 4.74 Å². The van der Waals surface area contributed by atoms with Gasteiger partial charge in [-0.05, 0) is 20.9 Å². The third-order valence-electron chi connectivity index (χ3n) is 1.83. The van der Waals surface area contributed by atoms with Crippen LogP contribution in [-0.4, -0.2) is 23.1 Å². The molecule has 15 heavy (non-hydrogen) atoms. The summed E-state index contributed by atoms with van der Waals surface area (Å²) in [7, 11) is 1.90. The molecule has 1 rings (SSSR count). The molecule has 0 bridgehead atoms. The molecule has 0 aromatic carbocycles. The van der Waals surface area contributed by atoms with E-state index in [1.807, 2.05) is 33.9 Å². The fraction of sp³-hybridized carbons (Fsp3) is 0.636. The van der Waals surface area contributed by atoms with Crippen molar-refractivity contribution in [1.82, 2.24) is 15.3 Å². The van der Waals surface area contributed by atoms with E-state index in [0.717, 1.165) is 24.5 Å². The molecule has 0 saturated carbocycles. The normalized spacial score (nSPS) is 10.7. The number of ether oxygens (including phenoxy) is 1. The van der Waals surface area contributed by atoms with Gasteiger partial charge in [-0.3, -0.25) is 0 Å². The molecule has 4 heteroatoms. The number of rotatable bonds is 5.